The SMILES string of the molecule is C#Cc1c(F)ccc2cccc(-c3ncc4c(N5C[C@H]6CC[C@@H](C5)N6)nc(OC[C@]56CC(=C)CN5C[C@@H](OC(F)F)C6)nc4c3F)c12. The van der Waals surface area contributed by atoms with E-state index in [9.17, 15) is 13.2 Å². The second kappa shape index (κ2) is 11.4. The lowest BCUT2D eigenvalue weighted by atomic mass is 9.93. The molecule has 0 saturated carbocycles. The Morgan fingerprint density at radius 2 is 1.91 bits per heavy atom. The van der Waals surface area contributed by atoms with Crippen LogP contribution in [0.5, 0.6) is 6.01 Å². The molecule has 242 valence electrons. The molecule has 4 fully saturated rings. The Morgan fingerprint density at radius 3 is 2.68 bits per heavy atom. The molecule has 8 nitrogen and oxygen atoms in total. The van der Waals surface area contributed by atoms with Gasteiger partial charge in [0, 0.05) is 55.4 Å². The summed E-state index contributed by atoms with van der Waals surface area (Å²) in [6.07, 6.45) is 9.54. The molecule has 0 spiro atoms. The molecule has 2 aromatic carbocycles. The van der Waals surface area contributed by atoms with E-state index in [4.69, 9.17) is 20.9 Å². The van der Waals surface area contributed by atoms with Crippen LogP contribution in [0, 0.1) is 24.0 Å². The van der Waals surface area contributed by atoms with E-state index in [1.165, 1.54) is 6.07 Å². The van der Waals surface area contributed by atoms with Crippen LogP contribution < -0.4 is 15.0 Å². The lowest BCUT2D eigenvalue weighted by molar-refractivity contribution is -0.159. The van der Waals surface area contributed by atoms with Gasteiger partial charge < -0.3 is 19.7 Å². The van der Waals surface area contributed by atoms with Crippen LogP contribution in [-0.2, 0) is 4.74 Å². The first-order valence-electron chi connectivity index (χ1n) is 15.7. The van der Waals surface area contributed by atoms with E-state index in [0.717, 1.165) is 18.4 Å². The van der Waals surface area contributed by atoms with Gasteiger partial charge in [0.25, 0.3) is 0 Å². The molecule has 12 heteroatoms. The van der Waals surface area contributed by atoms with Gasteiger partial charge in [-0.25, -0.2) is 8.78 Å². The lowest BCUT2D eigenvalue weighted by Gasteiger charge is -2.34. The predicted molar refractivity (Wildman–Crippen MR) is 169 cm³/mol. The minimum absolute atomic E-state index is 0.00654. The van der Waals surface area contributed by atoms with Crippen molar-refractivity contribution in [2.45, 2.75) is 56.0 Å². The third-order valence-electron chi connectivity index (χ3n) is 10.0. The summed E-state index contributed by atoms with van der Waals surface area (Å²) in [4.78, 5) is 18.1. The van der Waals surface area contributed by atoms with E-state index in [-0.39, 0.29) is 41.5 Å². The smallest absolute Gasteiger partial charge is 0.345 e. The number of benzene rings is 2. The van der Waals surface area contributed by atoms with Crippen LogP contribution in [0.2, 0.25) is 0 Å². The summed E-state index contributed by atoms with van der Waals surface area (Å²) in [5.74, 6) is 1.62. The van der Waals surface area contributed by atoms with Gasteiger partial charge in [-0.2, -0.15) is 18.7 Å². The molecule has 4 aromatic rings. The number of fused-ring (bicyclic) bond motifs is 5. The molecule has 0 aliphatic carbocycles. The molecule has 4 aliphatic rings. The molecule has 0 amide bonds. The van der Waals surface area contributed by atoms with E-state index >= 15 is 4.39 Å². The third kappa shape index (κ3) is 5.17. The van der Waals surface area contributed by atoms with Crippen LogP contribution in [-0.4, -0.2) is 83.0 Å². The third-order valence-corrected chi connectivity index (χ3v) is 10.0. The van der Waals surface area contributed by atoms with Gasteiger partial charge >= 0.3 is 12.6 Å². The second-order valence-corrected chi connectivity index (χ2v) is 13.1. The van der Waals surface area contributed by atoms with Crippen molar-refractivity contribution in [1.82, 2.24) is 25.2 Å². The maximum Gasteiger partial charge on any atom is 0.345 e. The summed E-state index contributed by atoms with van der Waals surface area (Å²) in [5, 5.41) is 5.05. The normalized spacial score (nSPS) is 25.7. The van der Waals surface area contributed by atoms with Gasteiger partial charge in [-0.15, -0.1) is 6.42 Å². The van der Waals surface area contributed by atoms with Crippen molar-refractivity contribution < 1.29 is 27.0 Å². The molecule has 47 heavy (non-hydrogen) atoms. The topological polar surface area (TPSA) is 75.6 Å². The quantitative estimate of drug-likeness (QED) is 0.162. The Kier molecular flexibility index (Phi) is 7.31. The van der Waals surface area contributed by atoms with Crippen molar-refractivity contribution in [3.63, 3.8) is 0 Å². The van der Waals surface area contributed by atoms with E-state index in [1.807, 2.05) is 0 Å². The number of pyridine rings is 1. The van der Waals surface area contributed by atoms with E-state index in [2.05, 4.69) is 37.6 Å². The van der Waals surface area contributed by atoms with Crippen LogP contribution in [0.1, 0.15) is 31.2 Å². The average molecular weight is 645 g/mol. The summed E-state index contributed by atoms with van der Waals surface area (Å²) in [6.45, 7) is 3.56. The molecule has 2 bridgehead atoms. The minimum atomic E-state index is -2.87. The molecule has 8 rings (SSSR count). The maximum atomic E-state index is 16.8. The van der Waals surface area contributed by atoms with E-state index < -0.39 is 29.9 Å². The van der Waals surface area contributed by atoms with Crippen LogP contribution in [0.25, 0.3) is 32.9 Å². The van der Waals surface area contributed by atoms with Gasteiger partial charge in [0.2, 0.25) is 0 Å². The summed E-state index contributed by atoms with van der Waals surface area (Å²) in [5.41, 5.74) is 0.695. The fourth-order valence-electron chi connectivity index (χ4n) is 8.08. The number of halogens is 4. The fraction of sp³-hybridized carbons (Fsp3) is 0.400. The highest BCUT2D eigenvalue weighted by Crippen LogP contribution is 2.43. The number of piperazine rings is 1. The van der Waals surface area contributed by atoms with Gasteiger partial charge in [0.05, 0.1) is 22.6 Å². The zero-order valence-electron chi connectivity index (χ0n) is 25.5. The standard InChI is InChI=1S/C35H32F4N6O2/c1-3-24-27(36)10-7-20-5-4-6-25(28(20)24)30-29(37)31-26(13-40-30)32(44-15-21-8-9-22(16-44)41-21)43-34(42-31)46-18-35-11-19(2)14-45(35)17-23(12-35)47-33(38)39/h1,4-7,10,13,21-23,33,41H,2,8-9,11-12,14-18H2/t21-,22+,23-,35+/m0/s1. The zero-order valence-corrected chi connectivity index (χ0v) is 25.5. The van der Waals surface area contributed by atoms with Crippen LogP contribution in [0.4, 0.5) is 23.4 Å². The largest absolute Gasteiger partial charge is 0.461 e. The van der Waals surface area contributed by atoms with Gasteiger partial charge in [0.15, 0.2) is 5.82 Å². The Morgan fingerprint density at radius 1 is 1.11 bits per heavy atom. The Labute approximate surface area is 268 Å². The van der Waals surface area contributed by atoms with Crippen molar-refractivity contribution in [2.75, 3.05) is 37.7 Å². The number of anilines is 1. The summed E-state index contributed by atoms with van der Waals surface area (Å²) >= 11 is 0. The zero-order chi connectivity index (χ0) is 32.4. The Balaban J connectivity index is 1.23. The van der Waals surface area contributed by atoms with Crippen molar-refractivity contribution >= 4 is 27.5 Å². The second-order valence-electron chi connectivity index (χ2n) is 13.1. The Hall–Kier alpha value is -4.31. The number of terminal acetylenes is 1. The number of hydrogen-bond donors (Lipinski definition) is 1. The monoisotopic (exact) mass is 644 g/mol. The molecule has 4 saturated heterocycles. The minimum Gasteiger partial charge on any atom is -0.461 e. The number of rotatable bonds is 7. The predicted octanol–water partition coefficient (Wildman–Crippen LogP) is 5.44. The van der Waals surface area contributed by atoms with Crippen LogP contribution in [0.3, 0.4) is 0 Å². The fourth-order valence-corrected chi connectivity index (χ4v) is 8.08. The summed E-state index contributed by atoms with van der Waals surface area (Å²) < 4.78 is 68.9. The number of alkyl halides is 2. The number of ether oxygens (including phenoxy) is 2. The summed E-state index contributed by atoms with van der Waals surface area (Å²) in [7, 11) is 0. The molecular formula is C35H32F4N6O2. The lowest BCUT2D eigenvalue weighted by Crippen LogP contribution is -2.51. The molecule has 4 aliphatic heterocycles. The molecule has 0 radical (unpaired) electrons. The van der Waals surface area contributed by atoms with Crippen LogP contribution >= 0.6 is 0 Å². The van der Waals surface area contributed by atoms with E-state index in [0.29, 0.717) is 66.6 Å². The number of nitrogens with one attached hydrogen (secondary N) is 1. The highest BCUT2D eigenvalue weighted by Gasteiger charge is 2.51. The average Bonchev–Trinajstić information content (AvgIpc) is 3.66. The Bertz CT molecular complexity index is 1950. The number of aromatic nitrogens is 3. The summed E-state index contributed by atoms with van der Waals surface area (Å²) in [6, 6.07) is 8.58. The first-order chi connectivity index (χ1) is 22.7. The van der Waals surface area contributed by atoms with Gasteiger partial charge in [0.1, 0.15) is 29.5 Å². The van der Waals surface area contributed by atoms with Crippen molar-refractivity contribution in [1.29, 1.82) is 0 Å². The number of hydrogen-bond acceptors (Lipinski definition) is 8. The van der Waals surface area contributed by atoms with Crippen molar-refractivity contribution in [3.05, 3.63) is 65.9 Å². The number of nitrogens with zero attached hydrogens (tertiary/aromatic N) is 5. The van der Waals surface area contributed by atoms with Gasteiger partial charge in [-0.3, -0.25) is 9.88 Å². The maximum absolute atomic E-state index is 16.8. The van der Waals surface area contributed by atoms with Gasteiger partial charge in [-0.1, -0.05) is 42.3 Å². The first-order valence-corrected chi connectivity index (χ1v) is 15.7. The highest BCUT2D eigenvalue weighted by molar-refractivity contribution is 6.02. The molecular weight excluding hydrogens is 612 g/mol. The molecule has 1 N–H and O–H groups in total. The highest BCUT2D eigenvalue weighted by atomic mass is 19.3. The van der Waals surface area contributed by atoms with Crippen molar-refractivity contribution in [3.8, 4) is 29.6 Å². The molecule has 2 aromatic heterocycles. The first kappa shape index (κ1) is 30.1. The van der Waals surface area contributed by atoms with Crippen molar-refractivity contribution in [2.24, 2.45) is 0 Å². The molecule has 0 unspecified atom stereocenters. The van der Waals surface area contributed by atoms with Crippen LogP contribution in [0.15, 0.2) is 48.7 Å². The molecule has 6 heterocycles. The molecule has 4 atom stereocenters. The van der Waals surface area contributed by atoms with Gasteiger partial charge in [-0.05, 0) is 37.1 Å². The van der Waals surface area contributed by atoms with E-state index in [1.54, 1.807) is 30.5 Å².